The van der Waals surface area contributed by atoms with E-state index in [0.717, 1.165) is 0 Å². The second kappa shape index (κ2) is 5.24. The van der Waals surface area contributed by atoms with Crippen LogP contribution in [0.4, 0.5) is 0 Å². The minimum Gasteiger partial charge on any atom is -0.461 e. The molecule has 82 valence electrons. The first-order valence-corrected chi connectivity index (χ1v) is 5.11. The minimum absolute atomic E-state index is 0.193. The smallest absolute Gasteiger partial charge is 0.383 e. The molecule has 3 nitrogen and oxygen atoms in total. The van der Waals surface area contributed by atoms with E-state index in [9.17, 15) is 4.79 Å². The van der Waals surface area contributed by atoms with E-state index in [-0.39, 0.29) is 6.61 Å². The fourth-order valence-electron chi connectivity index (χ4n) is 0.893. The summed E-state index contributed by atoms with van der Waals surface area (Å²) in [5, 5.41) is 0. The number of halogens is 2. The van der Waals surface area contributed by atoms with Crippen molar-refractivity contribution in [2.45, 2.75) is 11.4 Å². The maximum absolute atomic E-state index is 11.3. The lowest BCUT2D eigenvalue weighted by atomic mass is 10.3. The van der Waals surface area contributed by atoms with Gasteiger partial charge in [0.1, 0.15) is 5.75 Å². The zero-order valence-corrected chi connectivity index (χ0v) is 9.59. The van der Waals surface area contributed by atoms with Gasteiger partial charge in [-0.05, 0) is 42.3 Å². The van der Waals surface area contributed by atoms with E-state index >= 15 is 0 Å². The number of esters is 1. The lowest BCUT2D eigenvalue weighted by Crippen LogP contribution is -2.34. The summed E-state index contributed by atoms with van der Waals surface area (Å²) >= 11 is 11.3. The van der Waals surface area contributed by atoms with E-state index in [4.69, 9.17) is 27.9 Å². The van der Waals surface area contributed by atoms with Crippen LogP contribution < -0.4 is 4.74 Å². The normalized spacial score (nSPS) is 10.9. The molecule has 15 heavy (non-hydrogen) atoms. The molecule has 0 N–H and O–H groups in total. The summed E-state index contributed by atoms with van der Waals surface area (Å²) in [5.74, 6) is -0.423. The highest BCUT2D eigenvalue weighted by atomic mass is 35.5. The Labute approximate surface area is 97.9 Å². The van der Waals surface area contributed by atoms with Gasteiger partial charge in [0.25, 0.3) is 0 Å². The molecule has 0 saturated carbocycles. The van der Waals surface area contributed by atoms with Gasteiger partial charge in [0.05, 0.1) is 6.61 Å². The lowest BCUT2D eigenvalue weighted by Gasteiger charge is -2.18. The summed E-state index contributed by atoms with van der Waals surface area (Å²) in [6.07, 6.45) is 0. The van der Waals surface area contributed by atoms with E-state index in [2.05, 4.69) is 4.74 Å². The van der Waals surface area contributed by atoms with Crippen LogP contribution in [0.5, 0.6) is 5.75 Å². The van der Waals surface area contributed by atoms with Crippen LogP contribution in [0.3, 0.4) is 0 Å². The Bertz CT molecular complexity index is 325. The Kier molecular flexibility index (Phi) is 4.24. The zero-order chi connectivity index (χ0) is 11.3. The van der Waals surface area contributed by atoms with Gasteiger partial charge in [0.15, 0.2) is 0 Å². The molecule has 0 amide bonds. The first-order chi connectivity index (χ1) is 7.06. The largest absolute Gasteiger partial charge is 0.461 e. The van der Waals surface area contributed by atoms with Gasteiger partial charge in [-0.1, -0.05) is 18.2 Å². The molecular weight excluding hydrogens is 239 g/mol. The molecule has 0 bridgehead atoms. The number of carbonyl (C=O) groups is 1. The average molecular weight is 249 g/mol. The van der Waals surface area contributed by atoms with E-state index < -0.39 is 10.5 Å². The van der Waals surface area contributed by atoms with Crippen LogP contribution in [-0.4, -0.2) is 17.1 Å². The third-order valence-electron chi connectivity index (χ3n) is 1.50. The van der Waals surface area contributed by atoms with Gasteiger partial charge in [0.2, 0.25) is 0 Å². The fraction of sp³-hybridized carbons (Fsp3) is 0.300. The standard InChI is InChI=1S/C10H10Cl2O3/c1-2-14-9(13)10(11,12)15-8-6-4-3-5-7-8/h3-7H,2H2,1H3. The maximum Gasteiger partial charge on any atom is 0.383 e. The average Bonchev–Trinajstić information content (AvgIpc) is 2.19. The molecule has 5 heteroatoms. The third-order valence-corrected chi connectivity index (χ3v) is 1.97. The molecule has 1 rings (SSSR count). The van der Waals surface area contributed by atoms with Crippen LogP contribution in [0.25, 0.3) is 0 Å². The van der Waals surface area contributed by atoms with Crippen molar-refractivity contribution in [3.63, 3.8) is 0 Å². The fourth-order valence-corrected chi connectivity index (χ4v) is 1.18. The van der Waals surface area contributed by atoms with Crippen molar-refractivity contribution in [2.75, 3.05) is 6.61 Å². The SMILES string of the molecule is CCOC(=O)C(Cl)(Cl)Oc1ccccc1. The van der Waals surface area contributed by atoms with Gasteiger partial charge in [-0.25, -0.2) is 4.79 Å². The first-order valence-electron chi connectivity index (χ1n) is 4.35. The van der Waals surface area contributed by atoms with Crippen molar-refractivity contribution in [1.82, 2.24) is 0 Å². The molecule has 0 saturated heterocycles. The van der Waals surface area contributed by atoms with Crippen LogP contribution >= 0.6 is 23.2 Å². The first kappa shape index (κ1) is 12.1. The van der Waals surface area contributed by atoms with Crippen LogP contribution in [0.2, 0.25) is 0 Å². The van der Waals surface area contributed by atoms with Crippen molar-refractivity contribution in [3.8, 4) is 5.75 Å². The highest BCUT2D eigenvalue weighted by Crippen LogP contribution is 2.27. The summed E-state index contributed by atoms with van der Waals surface area (Å²) in [4.78, 5) is 11.3. The van der Waals surface area contributed by atoms with Gasteiger partial charge >= 0.3 is 10.5 Å². The van der Waals surface area contributed by atoms with Crippen molar-refractivity contribution >= 4 is 29.2 Å². The van der Waals surface area contributed by atoms with E-state index in [1.165, 1.54) is 0 Å². The summed E-state index contributed by atoms with van der Waals surface area (Å²) in [6, 6.07) is 8.56. The molecule has 1 aromatic carbocycles. The molecule has 0 aliphatic heterocycles. The number of carbonyl (C=O) groups excluding carboxylic acids is 1. The molecule has 0 unspecified atom stereocenters. The number of benzene rings is 1. The van der Waals surface area contributed by atoms with Gasteiger partial charge in [-0.3, -0.25) is 0 Å². The zero-order valence-electron chi connectivity index (χ0n) is 8.07. The van der Waals surface area contributed by atoms with Gasteiger partial charge < -0.3 is 9.47 Å². The number of alkyl halides is 2. The highest BCUT2D eigenvalue weighted by molar-refractivity contribution is 6.56. The molecular formula is C10H10Cl2O3. The topological polar surface area (TPSA) is 35.5 Å². The summed E-state index contributed by atoms with van der Waals surface area (Å²) in [7, 11) is 0. The monoisotopic (exact) mass is 248 g/mol. The molecule has 0 fully saturated rings. The predicted octanol–water partition coefficient (Wildman–Crippen LogP) is 2.76. The highest BCUT2D eigenvalue weighted by Gasteiger charge is 2.38. The second-order valence-electron chi connectivity index (χ2n) is 2.65. The van der Waals surface area contributed by atoms with Crippen LogP contribution in [0.15, 0.2) is 30.3 Å². The van der Waals surface area contributed by atoms with Gasteiger partial charge in [-0.15, -0.1) is 0 Å². The Morgan fingerprint density at radius 3 is 2.47 bits per heavy atom. The number of hydrogen-bond acceptors (Lipinski definition) is 3. The van der Waals surface area contributed by atoms with Crippen molar-refractivity contribution in [3.05, 3.63) is 30.3 Å². The quantitative estimate of drug-likeness (QED) is 0.608. The summed E-state index contributed by atoms with van der Waals surface area (Å²) in [6.45, 7) is 1.85. The number of ether oxygens (including phenoxy) is 2. The molecule has 0 spiro atoms. The van der Waals surface area contributed by atoms with Crippen molar-refractivity contribution in [1.29, 1.82) is 0 Å². The number of rotatable bonds is 4. The Hall–Kier alpha value is -0.930. The van der Waals surface area contributed by atoms with Crippen LogP contribution in [0, 0.1) is 0 Å². The molecule has 1 aromatic rings. The Morgan fingerprint density at radius 2 is 1.93 bits per heavy atom. The Balaban J connectivity index is 2.68. The van der Waals surface area contributed by atoms with E-state index in [1.807, 2.05) is 0 Å². The molecule has 0 aromatic heterocycles. The van der Waals surface area contributed by atoms with Crippen LogP contribution in [-0.2, 0) is 9.53 Å². The second-order valence-corrected chi connectivity index (χ2v) is 3.91. The molecule has 0 heterocycles. The lowest BCUT2D eigenvalue weighted by molar-refractivity contribution is -0.149. The third kappa shape index (κ3) is 3.61. The molecule has 0 atom stereocenters. The molecule has 0 aliphatic rings. The van der Waals surface area contributed by atoms with Gasteiger partial charge in [-0.2, -0.15) is 0 Å². The van der Waals surface area contributed by atoms with Crippen molar-refractivity contribution < 1.29 is 14.3 Å². The van der Waals surface area contributed by atoms with E-state index in [0.29, 0.717) is 5.75 Å². The molecule has 0 radical (unpaired) electrons. The van der Waals surface area contributed by atoms with Gasteiger partial charge in [0, 0.05) is 0 Å². The van der Waals surface area contributed by atoms with E-state index in [1.54, 1.807) is 37.3 Å². The van der Waals surface area contributed by atoms with Crippen molar-refractivity contribution in [2.24, 2.45) is 0 Å². The maximum atomic E-state index is 11.3. The Morgan fingerprint density at radius 1 is 1.33 bits per heavy atom. The molecule has 0 aliphatic carbocycles. The summed E-state index contributed by atoms with van der Waals surface area (Å²) in [5.41, 5.74) is 0. The van der Waals surface area contributed by atoms with Crippen LogP contribution in [0.1, 0.15) is 6.92 Å². The summed E-state index contributed by atoms with van der Waals surface area (Å²) < 4.78 is 7.72. The minimum atomic E-state index is -2.00. The number of hydrogen-bond donors (Lipinski definition) is 0. The number of para-hydroxylation sites is 1. The predicted molar refractivity (Wildman–Crippen MR) is 58.1 cm³/mol.